The lowest BCUT2D eigenvalue weighted by atomic mass is 9.88. The minimum absolute atomic E-state index is 0.0212. The van der Waals surface area contributed by atoms with Crippen molar-refractivity contribution in [2.24, 2.45) is 0 Å². The number of hydrogen-bond donors (Lipinski definition) is 2. The average molecular weight is 482 g/mol. The van der Waals surface area contributed by atoms with E-state index in [1.54, 1.807) is 13.0 Å². The lowest BCUT2D eigenvalue weighted by molar-refractivity contribution is -0.133. The van der Waals surface area contributed by atoms with E-state index in [4.69, 9.17) is 0 Å². The van der Waals surface area contributed by atoms with Gasteiger partial charge in [0.2, 0.25) is 5.91 Å². The molecule has 5 rings (SSSR count). The quantitative estimate of drug-likeness (QED) is 0.697. The number of piperazine rings is 1. The van der Waals surface area contributed by atoms with Crippen LogP contribution in [0.5, 0.6) is 0 Å². The van der Waals surface area contributed by atoms with Crippen LogP contribution >= 0.6 is 0 Å². The second kappa shape index (κ2) is 9.13. The second-order valence-corrected chi connectivity index (χ2v) is 11.1. The van der Waals surface area contributed by atoms with Gasteiger partial charge in [-0.15, -0.1) is 0 Å². The van der Waals surface area contributed by atoms with Gasteiger partial charge in [0.15, 0.2) is 0 Å². The summed E-state index contributed by atoms with van der Waals surface area (Å²) in [6.07, 6.45) is 3.58. The number of aliphatic hydroxyl groups is 1. The number of carbonyl (C=O) groups is 1. The van der Waals surface area contributed by atoms with Crippen molar-refractivity contribution in [1.29, 1.82) is 0 Å². The highest BCUT2D eigenvalue weighted by atomic mass is 19.1. The van der Waals surface area contributed by atoms with Crippen molar-refractivity contribution in [1.82, 2.24) is 20.2 Å². The van der Waals surface area contributed by atoms with Gasteiger partial charge in [-0.05, 0) is 63.1 Å². The van der Waals surface area contributed by atoms with Gasteiger partial charge in [0.05, 0.1) is 17.7 Å². The normalized spacial score (nSPS) is 26.6. The third kappa shape index (κ3) is 4.54. The van der Waals surface area contributed by atoms with Crippen molar-refractivity contribution < 1.29 is 14.3 Å². The molecule has 2 aliphatic heterocycles. The number of aryl methyl sites for hydroxylation is 1. The van der Waals surface area contributed by atoms with E-state index in [1.165, 1.54) is 12.4 Å². The molecule has 35 heavy (non-hydrogen) atoms. The van der Waals surface area contributed by atoms with Gasteiger partial charge < -0.3 is 20.2 Å². The molecule has 3 aliphatic rings. The Balaban J connectivity index is 1.35. The number of fused-ring (bicyclic) bond motifs is 1. The number of hydrogen-bond acceptors (Lipinski definition) is 6. The Morgan fingerprint density at radius 3 is 2.63 bits per heavy atom. The highest BCUT2D eigenvalue weighted by Gasteiger charge is 2.41. The first kappa shape index (κ1) is 24.1. The number of nitrogens with zero attached hydrogens (tertiary/aromatic N) is 4. The zero-order chi connectivity index (χ0) is 24.9. The molecule has 1 aromatic heterocycles. The van der Waals surface area contributed by atoms with Crippen molar-refractivity contribution in [2.45, 2.75) is 76.5 Å². The Kier molecular flexibility index (Phi) is 6.30. The summed E-state index contributed by atoms with van der Waals surface area (Å²) in [7, 11) is 0. The average Bonchev–Trinajstić information content (AvgIpc) is 3.34. The number of rotatable bonds is 4. The molecule has 1 aliphatic carbocycles. The fourth-order valence-corrected chi connectivity index (χ4v) is 6.11. The number of aliphatic hydroxyl groups excluding tert-OH is 1. The molecule has 3 heterocycles. The number of aromatic nitrogens is 2. The number of anilines is 1. The van der Waals surface area contributed by atoms with Gasteiger partial charge in [-0.2, -0.15) is 0 Å². The van der Waals surface area contributed by atoms with Crippen molar-refractivity contribution in [3.8, 4) is 0 Å². The molecule has 0 saturated carbocycles. The molecule has 2 saturated heterocycles. The molecule has 2 aromatic rings. The van der Waals surface area contributed by atoms with Crippen LogP contribution in [0.15, 0.2) is 24.5 Å². The summed E-state index contributed by atoms with van der Waals surface area (Å²) < 4.78 is 14.0. The number of halogens is 1. The minimum atomic E-state index is -0.535. The van der Waals surface area contributed by atoms with Gasteiger partial charge >= 0.3 is 0 Å². The lowest BCUT2D eigenvalue weighted by Crippen LogP contribution is -2.53. The molecule has 1 amide bonds. The zero-order valence-corrected chi connectivity index (χ0v) is 21.1. The number of nitrogens with one attached hydrogen (secondary N) is 1. The maximum absolute atomic E-state index is 14.0. The fourth-order valence-electron chi connectivity index (χ4n) is 6.11. The molecular weight excluding hydrogens is 445 g/mol. The standard InChI is InChI=1S/C27H36FN5O2/c1-16-13-18(5-6-19(16)28)23(20-7-8-27(3,4)31-20)26(35)33-11-9-32(10-12-33)25-22-17(2)14-21(34)24(22)29-15-30-25/h5-6,13,15,17,20-21,23,31,34H,7-12,14H2,1-4H3/t17-,20+,21-,23+/m1/s1. The van der Waals surface area contributed by atoms with Crippen LogP contribution in [0.1, 0.15) is 80.4 Å². The molecule has 2 N–H and O–H groups in total. The largest absolute Gasteiger partial charge is 0.387 e. The summed E-state index contributed by atoms with van der Waals surface area (Å²) in [5, 5.41) is 14.0. The van der Waals surface area contributed by atoms with Crippen LogP contribution in [-0.4, -0.2) is 63.6 Å². The second-order valence-electron chi connectivity index (χ2n) is 11.1. The Morgan fingerprint density at radius 2 is 1.97 bits per heavy atom. The Bertz CT molecular complexity index is 1110. The summed E-state index contributed by atoms with van der Waals surface area (Å²) in [4.78, 5) is 27.0. The van der Waals surface area contributed by atoms with Crippen LogP contribution < -0.4 is 10.2 Å². The SMILES string of the molecule is Cc1cc([C@H](C(=O)N2CCN(c3ncnc4c3[C@H](C)C[C@H]4O)CC2)[C@@H]2CCC(C)(C)N2)ccc1F. The van der Waals surface area contributed by atoms with Gasteiger partial charge in [-0.25, -0.2) is 14.4 Å². The molecule has 188 valence electrons. The smallest absolute Gasteiger partial charge is 0.231 e. The molecule has 8 heteroatoms. The number of benzene rings is 1. The Hall–Kier alpha value is -2.58. The maximum Gasteiger partial charge on any atom is 0.231 e. The van der Waals surface area contributed by atoms with Crippen LogP contribution in [0.3, 0.4) is 0 Å². The van der Waals surface area contributed by atoms with E-state index in [2.05, 4.69) is 41.0 Å². The molecule has 2 fully saturated rings. The topological polar surface area (TPSA) is 81.6 Å². The summed E-state index contributed by atoms with van der Waals surface area (Å²) in [6.45, 7) is 10.7. The van der Waals surface area contributed by atoms with Crippen LogP contribution in [0.2, 0.25) is 0 Å². The molecular formula is C27H36FN5O2. The van der Waals surface area contributed by atoms with Crippen molar-refractivity contribution in [2.75, 3.05) is 31.1 Å². The summed E-state index contributed by atoms with van der Waals surface area (Å²) in [5.41, 5.74) is 3.20. The highest BCUT2D eigenvalue weighted by Crippen LogP contribution is 2.43. The third-order valence-corrected chi connectivity index (χ3v) is 8.04. The predicted octanol–water partition coefficient (Wildman–Crippen LogP) is 3.43. The van der Waals surface area contributed by atoms with Crippen LogP contribution in [0.25, 0.3) is 0 Å². The van der Waals surface area contributed by atoms with E-state index < -0.39 is 6.10 Å². The first-order valence-corrected chi connectivity index (χ1v) is 12.7. The van der Waals surface area contributed by atoms with Gasteiger partial charge in [-0.1, -0.05) is 19.1 Å². The molecule has 4 atom stereocenters. The first-order chi connectivity index (χ1) is 16.6. The summed E-state index contributed by atoms with van der Waals surface area (Å²) >= 11 is 0. The summed E-state index contributed by atoms with van der Waals surface area (Å²) in [6, 6.07) is 5.10. The number of carbonyl (C=O) groups excluding carboxylic acids is 1. The fraction of sp³-hybridized carbons (Fsp3) is 0.593. The molecule has 0 radical (unpaired) electrons. The van der Waals surface area contributed by atoms with Crippen molar-refractivity contribution in [3.63, 3.8) is 0 Å². The molecule has 7 nitrogen and oxygen atoms in total. The van der Waals surface area contributed by atoms with E-state index in [9.17, 15) is 14.3 Å². The molecule has 0 unspecified atom stereocenters. The molecule has 1 aromatic carbocycles. The van der Waals surface area contributed by atoms with Gasteiger partial charge in [0.1, 0.15) is 18.0 Å². The van der Waals surface area contributed by atoms with Crippen molar-refractivity contribution in [3.05, 3.63) is 52.7 Å². The van der Waals surface area contributed by atoms with Gasteiger partial charge in [0, 0.05) is 43.3 Å². The third-order valence-electron chi connectivity index (χ3n) is 8.04. The molecule has 0 spiro atoms. The maximum atomic E-state index is 14.0. The highest BCUT2D eigenvalue weighted by molar-refractivity contribution is 5.85. The van der Waals surface area contributed by atoms with Crippen molar-refractivity contribution >= 4 is 11.7 Å². The minimum Gasteiger partial charge on any atom is -0.387 e. The van der Waals surface area contributed by atoms with Crippen LogP contribution in [0.4, 0.5) is 10.2 Å². The van der Waals surface area contributed by atoms with E-state index in [-0.39, 0.29) is 35.1 Å². The van der Waals surface area contributed by atoms with Crippen LogP contribution in [0, 0.1) is 12.7 Å². The van der Waals surface area contributed by atoms with E-state index >= 15 is 0 Å². The van der Waals surface area contributed by atoms with E-state index in [0.29, 0.717) is 38.2 Å². The van der Waals surface area contributed by atoms with Crippen LogP contribution in [-0.2, 0) is 4.79 Å². The van der Waals surface area contributed by atoms with E-state index in [0.717, 1.165) is 35.5 Å². The monoisotopic (exact) mass is 481 g/mol. The zero-order valence-electron chi connectivity index (χ0n) is 21.1. The Morgan fingerprint density at radius 1 is 1.23 bits per heavy atom. The molecule has 0 bridgehead atoms. The van der Waals surface area contributed by atoms with Gasteiger partial charge in [0.25, 0.3) is 0 Å². The Labute approximate surface area is 206 Å². The van der Waals surface area contributed by atoms with Gasteiger partial charge in [-0.3, -0.25) is 4.79 Å². The first-order valence-electron chi connectivity index (χ1n) is 12.7. The summed E-state index contributed by atoms with van der Waals surface area (Å²) in [5.74, 6) is 0.600. The predicted molar refractivity (Wildman–Crippen MR) is 133 cm³/mol. The van der Waals surface area contributed by atoms with E-state index in [1.807, 2.05) is 11.0 Å². The lowest BCUT2D eigenvalue weighted by Gasteiger charge is -2.39. The number of amides is 1.